The van der Waals surface area contributed by atoms with Gasteiger partial charge in [0.25, 0.3) is 0 Å². The van der Waals surface area contributed by atoms with Crippen molar-refractivity contribution in [3.63, 3.8) is 0 Å². The van der Waals surface area contributed by atoms with Crippen LogP contribution in [0.15, 0.2) is 29.7 Å². The molecule has 1 aromatic rings. The Morgan fingerprint density at radius 1 is 1.37 bits per heavy atom. The molecule has 0 aliphatic rings. The van der Waals surface area contributed by atoms with E-state index >= 15 is 0 Å². The van der Waals surface area contributed by atoms with E-state index in [0.717, 1.165) is 5.71 Å². The number of ether oxygens (including phenoxy) is 2. The molecule has 0 amide bonds. The highest BCUT2D eigenvalue weighted by molar-refractivity contribution is 6.16. The lowest BCUT2D eigenvalue weighted by atomic mass is 10.2. The van der Waals surface area contributed by atoms with Crippen molar-refractivity contribution in [3.05, 3.63) is 30.3 Å². The Hall–Kier alpha value is -2.37. The third-order valence-corrected chi connectivity index (χ3v) is 1.99. The van der Waals surface area contributed by atoms with E-state index in [-0.39, 0.29) is 5.57 Å². The molecule has 6 heteroatoms. The van der Waals surface area contributed by atoms with E-state index in [4.69, 9.17) is 9.57 Å². The molecule has 0 saturated heterocycles. The fourth-order valence-electron chi connectivity index (χ4n) is 1.24. The number of aromatic nitrogens is 1. The lowest BCUT2D eigenvalue weighted by Gasteiger charge is -2.08. The van der Waals surface area contributed by atoms with Crippen molar-refractivity contribution in [2.45, 2.75) is 13.8 Å². The number of methoxy groups -OCH3 is 2. The minimum absolute atomic E-state index is 0.157. The molecule has 1 rings (SSSR count). The molecule has 0 bridgehead atoms. The van der Waals surface area contributed by atoms with Crippen LogP contribution in [0.25, 0.3) is 5.57 Å². The van der Waals surface area contributed by atoms with Gasteiger partial charge in [0, 0.05) is 6.20 Å². The molecule has 0 saturated carbocycles. The number of hydrogen-bond acceptors (Lipinski definition) is 6. The third kappa shape index (κ3) is 4.09. The molecular formula is C13H16N2O4. The van der Waals surface area contributed by atoms with Crippen LogP contribution >= 0.6 is 0 Å². The third-order valence-electron chi connectivity index (χ3n) is 1.99. The molecule has 0 N–H and O–H groups in total. The number of carbonyl (C=O) groups is 1. The Bertz CT molecular complexity index is 505. The normalized spacial score (nSPS) is 10.6. The summed E-state index contributed by atoms with van der Waals surface area (Å²) in [4.78, 5) is 21.0. The fraction of sp³-hybridized carbons (Fsp3) is 0.308. The molecule has 0 aliphatic heterocycles. The Labute approximate surface area is 111 Å². The van der Waals surface area contributed by atoms with Crippen LogP contribution in [0.5, 0.6) is 5.75 Å². The van der Waals surface area contributed by atoms with Gasteiger partial charge in [0.2, 0.25) is 0 Å². The number of rotatable bonds is 5. The highest BCUT2D eigenvalue weighted by Crippen LogP contribution is 2.24. The Balaban J connectivity index is 3.20. The molecule has 0 atom stereocenters. The molecule has 0 aliphatic carbocycles. The summed E-state index contributed by atoms with van der Waals surface area (Å²) in [6.07, 6.45) is 2.79. The van der Waals surface area contributed by atoms with Crippen molar-refractivity contribution in [3.8, 4) is 5.75 Å². The second-order valence-electron chi connectivity index (χ2n) is 3.74. The molecule has 0 spiro atoms. The summed E-state index contributed by atoms with van der Waals surface area (Å²) in [5, 5.41) is 3.84. The van der Waals surface area contributed by atoms with E-state index in [1.807, 2.05) is 0 Å². The molecule has 6 nitrogen and oxygen atoms in total. The molecule has 1 heterocycles. The average Bonchev–Trinajstić information content (AvgIpc) is 2.42. The van der Waals surface area contributed by atoms with Crippen LogP contribution in [0, 0.1) is 0 Å². The van der Waals surface area contributed by atoms with E-state index in [1.54, 1.807) is 26.0 Å². The average molecular weight is 264 g/mol. The SMILES string of the molecule is CO/C=C(\C(=O)OC)c1ncccc1ON=C(C)C. The predicted octanol–water partition coefficient (Wildman–Crippen LogP) is 2.02. The minimum atomic E-state index is -0.567. The zero-order valence-electron chi connectivity index (χ0n) is 11.3. The maximum Gasteiger partial charge on any atom is 0.343 e. The van der Waals surface area contributed by atoms with E-state index < -0.39 is 5.97 Å². The van der Waals surface area contributed by atoms with E-state index in [1.165, 1.54) is 26.7 Å². The van der Waals surface area contributed by atoms with Crippen LogP contribution in [0.2, 0.25) is 0 Å². The number of oxime groups is 1. The van der Waals surface area contributed by atoms with E-state index in [0.29, 0.717) is 11.4 Å². The maximum absolute atomic E-state index is 11.7. The van der Waals surface area contributed by atoms with Gasteiger partial charge in [-0.25, -0.2) is 4.79 Å². The minimum Gasteiger partial charge on any atom is -0.503 e. The maximum atomic E-state index is 11.7. The lowest BCUT2D eigenvalue weighted by Crippen LogP contribution is -2.07. The van der Waals surface area contributed by atoms with Crippen molar-refractivity contribution in [1.82, 2.24) is 4.98 Å². The van der Waals surface area contributed by atoms with Gasteiger partial charge in [-0.05, 0) is 26.0 Å². The molecule has 1 aromatic heterocycles. The monoisotopic (exact) mass is 264 g/mol. The molecule has 0 radical (unpaired) electrons. The topological polar surface area (TPSA) is 70.0 Å². The summed E-state index contributed by atoms with van der Waals surface area (Å²) >= 11 is 0. The number of hydrogen-bond donors (Lipinski definition) is 0. The Morgan fingerprint density at radius 3 is 2.68 bits per heavy atom. The highest BCUT2D eigenvalue weighted by atomic mass is 16.6. The first-order valence-electron chi connectivity index (χ1n) is 5.55. The van der Waals surface area contributed by atoms with Gasteiger partial charge in [-0.15, -0.1) is 0 Å². The standard InChI is InChI=1S/C13H16N2O4/c1-9(2)15-19-11-6-5-7-14-12(11)10(8-17-3)13(16)18-4/h5-8H,1-4H3/b10-8-. The quantitative estimate of drug-likeness (QED) is 0.267. The van der Waals surface area contributed by atoms with Gasteiger partial charge in [0.05, 0.1) is 26.2 Å². The molecule has 0 aromatic carbocycles. The van der Waals surface area contributed by atoms with Gasteiger partial charge in [-0.3, -0.25) is 4.98 Å². The Kier molecular flexibility index (Phi) is 5.53. The fourth-order valence-corrected chi connectivity index (χ4v) is 1.24. The highest BCUT2D eigenvalue weighted by Gasteiger charge is 2.19. The first kappa shape index (κ1) is 14.7. The number of esters is 1. The lowest BCUT2D eigenvalue weighted by molar-refractivity contribution is -0.133. The van der Waals surface area contributed by atoms with Crippen LogP contribution in [0.4, 0.5) is 0 Å². The molecule has 0 unspecified atom stereocenters. The van der Waals surface area contributed by atoms with Gasteiger partial charge in [-0.1, -0.05) is 5.16 Å². The Morgan fingerprint density at radius 2 is 2.11 bits per heavy atom. The van der Waals surface area contributed by atoms with Crippen molar-refractivity contribution < 1.29 is 19.1 Å². The van der Waals surface area contributed by atoms with Crippen LogP contribution < -0.4 is 4.84 Å². The van der Waals surface area contributed by atoms with Crippen molar-refractivity contribution >= 4 is 17.3 Å². The summed E-state index contributed by atoms with van der Waals surface area (Å²) in [7, 11) is 2.71. The van der Waals surface area contributed by atoms with Gasteiger partial charge in [-0.2, -0.15) is 0 Å². The van der Waals surface area contributed by atoms with Gasteiger partial charge in [0.1, 0.15) is 11.3 Å². The second-order valence-corrected chi connectivity index (χ2v) is 3.74. The number of carbonyl (C=O) groups excluding carboxylic acids is 1. The van der Waals surface area contributed by atoms with Crippen molar-refractivity contribution in [2.24, 2.45) is 5.16 Å². The smallest absolute Gasteiger partial charge is 0.343 e. The summed E-state index contributed by atoms with van der Waals surface area (Å²) in [5.41, 5.74) is 1.20. The summed E-state index contributed by atoms with van der Waals surface area (Å²) in [6, 6.07) is 3.34. The zero-order chi connectivity index (χ0) is 14.3. The molecule has 102 valence electrons. The molecule has 0 fully saturated rings. The van der Waals surface area contributed by atoms with Crippen LogP contribution in [-0.2, 0) is 14.3 Å². The number of nitrogens with zero attached hydrogens (tertiary/aromatic N) is 2. The second kappa shape index (κ2) is 7.15. The van der Waals surface area contributed by atoms with Crippen molar-refractivity contribution in [1.29, 1.82) is 0 Å². The van der Waals surface area contributed by atoms with E-state index in [2.05, 4.69) is 14.9 Å². The van der Waals surface area contributed by atoms with Crippen LogP contribution in [0.1, 0.15) is 19.5 Å². The predicted molar refractivity (Wildman–Crippen MR) is 70.7 cm³/mol. The van der Waals surface area contributed by atoms with Gasteiger partial charge in [0.15, 0.2) is 5.75 Å². The molecular weight excluding hydrogens is 248 g/mol. The first-order valence-corrected chi connectivity index (χ1v) is 5.55. The van der Waals surface area contributed by atoms with Crippen molar-refractivity contribution in [2.75, 3.05) is 14.2 Å². The summed E-state index contributed by atoms with van der Waals surface area (Å²) < 4.78 is 9.55. The van der Waals surface area contributed by atoms with Crippen LogP contribution in [0.3, 0.4) is 0 Å². The van der Waals surface area contributed by atoms with Crippen LogP contribution in [-0.4, -0.2) is 30.9 Å². The molecule has 19 heavy (non-hydrogen) atoms. The number of pyridine rings is 1. The largest absolute Gasteiger partial charge is 0.503 e. The zero-order valence-corrected chi connectivity index (χ0v) is 11.3. The summed E-state index contributed by atoms with van der Waals surface area (Å²) in [5.74, 6) is -0.222. The summed E-state index contributed by atoms with van der Waals surface area (Å²) in [6.45, 7) is 3.59. The first-order chi connectivity index (χ1) is 9.10. The van der Waals surface area contributed by atoms with Gasteiger partial charge >= 0.3 is 5.97 Å². The van der Waals surface area contributed by atoms with E-state index in [9.17, 15) is 4.79 Å². The van der Waals surface area contributed by atoms with Gasteiger partial charge < -0.3 is 14.3 Å².